The minimum atomic E-state index is -4.61. The Balaban J connectivity index is 1.66. The van der Waals surface area contributed by atoms with Gasteiger partial charge in [-0.3, -0.25) is 4.98 Å². The van der Waals surface area contributed by atoms with Crippen molar-refractivity contribution in [3.8, 4) is 5.75 Å². The summed E-state index contributed by atoms with van der Waals surface area (Å²) in [5.41, 5.74) is 2.25. The Morgan fingerprint density at radius 2 is 1.84 bits per heavy atom. The smallest absolute Gasteiger partial charge is 0.431 e. The predicted octanol–water partition coefficient (Wildman–Crippen LogP) is 7.93. The zero-order valence-corrected chi connectivity index (χ0v) is 23.3. The first-order chi connectivity index (χ1) is 18.0. The van der Waals surface area contributed by atoms with Gasteiger partial charge in [-0.2, -0.15) is 13.2 Å². The van der Waals surface area contributed by atoms with Crippen molar-refractivity contribution in [3.05, 3.63) is 91.8 Å². The first-order valence-corrected chi connectivity index (χ1v) is 13.0. The van der Waals surface area contributed by atoms with Crippen molar-refractivity contribution in [2.45, 2.75) is 39.4 Å². The maximum Gasteiger partial charge on any atom is 0.431 e. The van der Waals surface area contributed by atoms with Crippen LogP contribution in [-0.4, -0.2) is 29.2 Å². The number of carbonyl (C=O) groups is 1. The Hall–Kier alpha value is -3.04. The number of alkyl halides is 3. The van der Waals surface area contributed by atoms with Crippen LogP contribution in [0.1, 0.15) is 44.9 Å². The van der Waals surface area contributed by atoms with Gasteiger partial charge in [0, 0.05) is 21.1 Å². The maximum atomic E-state index is 14.5. The van der Waals surface area contributed by atoms with Gasteiger partial charge in [0.05, 0.1) is 37.0 Å². The van der Waals surface area contributed by atoms with Crippen molar-refractivity contribution in [1.29, 1.82) is 0 Å². The van der Waals surface area contributed by atoms with Crippen molar-refractivity contribution in [3.63, 3.8) is 0 Å². The molecule has 0 spiro atoms. The molecule has 2 heterocycles. The Labute approximate surface area is 231 Å². The highest BCUT2D eigenvalue weighted by Gasteiger charge is 2.39. The Bertz CT molecular complexity index is 1460. The van der Waals surface area contributed by atoms with E-state index in [1.165, 1.54) is 30.0 Å². The number of hydrogen-bond acceptors (Lipinski definition) is 4. The SMILES string of the molecule is COC(=O)c1ccc(Cn2c(C(F)(F)F)c(CCCOc3cc(C)c(Cl)c(C)c3)c3cccc(Br)c32)nc1. The summed E-state index contributed by atoms with van der Waals surface area (Å²) in [5, 5.41) is 1.18. The second kappa shape index (κ2) is 11.4. The monoisotopic (exact) mass is 608 g/mol. The summed E-state index contributed by atoms with van der Waals surface area (Å²) in [4.78, 5) is 15.9. The van der Waals surface area contributed by atoms with E-state index >= 15 is 0 Å². The molecule has 0 unspecified atom stereocenters. The van der Waals surface area contributed by atoms with Crippen LogP contribution >= 0.6 is 27.5 Å². The molecule has 200 valence electrons. The molecule has 4 rings (SSSR count). The number of aryl methyl sites for hydroxylation is 3. The molecule has 0 saturated carbocycles. The van der Waals surface area contributed by atoms with Gasteiger partial charge in [-0.05, 0) is 89.6 Å². The summed E-state index contributed by atoms with van der Waals surface area (Å²) in [7, 11) is 1.25. The van der Waals surface area contributed by atoms with E-state index in [4.69, 9.17) is 16.3 Å². The van der Waals surface area contributed by atoms with Crippen molar-refractivity contribution in [2.75, 3.05) is 13.7 Å². The van der Waals surface area contributed by atoms with Crippen LogP contribution in [0.25, 0.3) is 10.9 Å². The predicted molar refractivity (Wildman–Crippen MR) is 144 cm³/mol. The molecule has 0 aliphatic heterocycles. The fraction of sp³-hybridized carbons (Fsp3) is 0.286. The summed E-state index contributed by atoms with van der Waals surface area (Å²) in [6.45, 7) is 3.87. The molecule has 38 heavy (non-hydrogen) atoms. The van der Waals surface area contributed by atoms with Gasteiger partial charge in [-0.25, -0.2) is 4.79 Å². The molecule has 0 amide bonds. The molecule has 0 radical (unpaired) electrons. The first-order valence-electron chi connectivity index (χ1n) is 11.8. The molecular formula is C28H25BrClF3N2O3. The second-order valence-corrected chi connectivity index (χ2v) is 10.1. The van der Waals surface area contributed by atoms with Crippen LogP contribution in [0, 0.1) is 13.8 Å². The number of rotatable bonds is 8. The maximum absolute atomic E-state index is 14.5. The average molecular weight is 610 g/mol. The minimum absolute atomic E-state index is 0.130. The molecule has 0 aliphatic rings. The van der Waals surface area contributed by atoms with Gasteiger partial charge in [0.1, 0.15) is 11.4 Å². The Morgan fingerprint density at radius 1 is 1.13 bits per heavy atom. The number of fused-ring (bicyclic) bond motifs is 1. The number of benzene rings is 2. The highest BCUT2D eigenvalue weighted by molar-refractivity contribution is 9.10. The number of esters is 1. The molecule has 0 N–H and O–H groups in total. The summed E-state index contributed by atoms with van der Waals surface area (Å²) in [5.74, 6) is 0.0645. The van der Waals surface area contributed by atoms with Crippen LogP contribution in [0.2, 0.25) is 5.02 Å². The van der Waals surface area contributed by atoms with Crippen molar-refractivity contribution >= 4 is 44.4 Å². The zero-order valence-electron chi connectivity index (χ0n) is 21.0. The van der Waals surface area contributed by atoms with E-state index in [1.54, 1.807) is 18.2 Å². The molecule has 0 aliphatic carbocycles. The van der Waals surface area contributed by atoms with Gasteiger partial charge in [-0.15, -0.1) is 0 Å². The molecule has 4 aromatic rings. The van der Waals surface area contributed by atoms with E-state index in [1.807, 2.05) is 26.0 Å². The lowest BCUT2D eigenvalue weighted by atomic mass is 10.1. The zero-order chi connectivity index (χ0) is 27.6. The Morgan fingerprint density at radius 3 is 2.45 bits per heavy atom. The van der Waals surface area contributed by atoms with E-state index in [2.05, 4.69) is 25.7 Å². The number of ether oxygens (including phenoxy) is 2. The first kappa shape index (κ1) is 28.0. The van der Waals surface area contributed by atoms with Crippen LogP contribution in [0.5, 0.6) is 5.75 Å². The molecule has 5 nitrogen and oxygen atoms in total. The molecule has 0 atom stereocenters. The van der Waals surface area contributed by atoms with Crippen molar-refractivity contribution < 1.29 is 27.4 Å². The highest BCUT2D eigenvalue weighted by Crippen LogP contribution is 2.41. The molecule has 10 heteroatoms. The Kier molecular flexibility index (Phi) is 8.37. The summed E-state index contributed by atoms with van der Waals surface area (Å²) >= 11 is 9.66. The van der Waals surface area contributed by atoms with Gasteiger partial charge in [0.25, 0.3) is 0 Å². The summed E-state index contributed by atoms with van der Waals surface area (Å²) in [6, 6.07) is 11.8. The normalized spacial score (nSPS) is 11.7. The van der Waals surface area contributed by atoms with Gasteiger partial charge < -0.3 is 14.0 Å². The topological polar surface area (TPSA) is 53.4 Å². The lowest BCUT2D eigenvalue weighted by molar-refractivity contribution is -0.143. The number of hydrogen-bond donors (Lipinski definition) is 0. The van der Waals surface area contributed by atoms with E-state index in [-0.39, 0.29) is 30.7 Å². The van der Waals surface area contributed by atoms with Crippen LogP contribution < -0.4 is 4.74 Å². The number of nitrogens with zero attached hydrogens (tertiary/aromatic N) is 2. The third-order valence-electron chi connectivity index (χ3n) is 6.22. The van der Waals surface area contributed by atoms with E-state index in [0.717, 1.165) is 11.1 Å². The van der Waals surface area contributed by atoms with Crippen LogP contribution in [0.3, 0.4) is 0 Å². The van der Waals surface area contributed by atoms with Crippen LogP contribution in [-0.2, 0) is 23.9 Å². The standard InChI is InChI=1S/C28H25BrClF3N2O3/c1-16-12-20(13-17(2)24(16)30)38-11-5-7-22-21-6-4-8-23(29)25(21)35(26(22)28(31,32)33)15-19-10-9-18(14-34-19)27(36)37-3/h4,6,8-10,12-14H,5,7,11,15H2,1-3H3. The average Bonchev–Trinajstić information content (AvgIpc) is 3.19. The van der Waals surface area contributed by atoms with Gasteiger partial charge >= 0.3 is 12.1 Å². The van der Waals surface area contributed by atoms with Crippen LogP contribution in [0.15, 0.2) is 53.1 Å². The lowest BCUT2D eigenvalue weighted by Gasteiger charge is -2.15. The van der Waals surface area contributed by atoms with E-state index in [0.29, 0.717) is 38.3 Å². The van der Waals surface area contributed by atoms with Gasteiger partial charge in [0.2, 0.25) is 0 Å². The largest absolute Gasteiger partial charge is 0.494 e. The molecule has 0 bridgehead atoms. The van der Waals surface area contributed by atoms with E-state index < -0.39 is 17.8 Å². The fourth-order valence-electron chi connectivity index (χ4n) is 4.52. The third kappa shape index (κ3) is 5.83. The number of para-hydroxylation sites is 1. The quantitative estimate of drug-likeness (QED) is 0.150. The second-order valence-electron chi connectivity index (χ2n) is 8.90. The minimum Gasteiger partial charge on any atom is -0.494 e. The fourth-order valence-corrected chi connectivity index (χ4v) is 5.21. The summed E-state index contributed by atoms with van der Waals surface area (Å²) in [6.07, 6.45) is -2.77. The molecule has 2 aromatic carbocycles. The third-order valence-corrected chi connectivity index (χ3v) is 7.46. The molecule has 2 aromatic heterocycles. The van der Waals surface area contributed by atoms with Crippen molar-refractivity contribution in [2.24, 2.45) is 0 Å². The summed E-state index contributed by atoms with van der Waals surface area (Å²) < 4.78 is 55.9. The van der Waals surface area contributed by atoms with Gasteiger partial charge in [-0.1, -0.05) is 23.7 Å². The molecule has 0 fully saturated rings. The number of aromatic nitrogens is 2. The van der Waals surface area contributed by atoms with Gasteiger partial charge in [0.15, 0.2) is 0 Å². The molecule has 0 saturated heterocycles. The molecular weight excluding hydrogens is 585 g/mol. The number of methoxy groups -OCH3 is 1. The number of carbonyl (C=O) groups excluding carboxylic acids is 1. The highest BCUT2D eigenvalue weighted by atomic mass is 79.9. The number of pyridine rings is 1. The van der Waals surface area contributed by atoms with Crippen LogP contribution in [0.4, 0.5) is 13.2 Å². The number of halogens is 5. The van der Waals surface area contributed by atoms with E-state index in [9.17, 15) is 18.0 Å². The van der Waals surface area contributed by atoms with Crippen molar-refractivity contribution in [1.82, 2.24) is 9.55 Å². The lowest BCUT2D eigenvalue weighted by Crippen LogP contribution is -2.17.